The van der Waals surface area contributed by atoms with Gasteiger partial charge in [0.1, 0.15) is 11.6 Å². The Morgan fingerprint density at radius 3 is 2.94 bits per heavy atom. The predicted molar refractivity (Wildman–Crippen MR) is 62.2 cm³/mol. The van der Waals surface area contributed by atoms with Crippen LogP contribution >= 0.6 is 0 Å². The van der Waals surface area contributed by atoms with Crippen LogP contribution in [0.25, 0.3) is 0 Å². The number of likely N-dealkylation sites (tertiary alicyclic amines) is 1. The van der Waals surface area contributed by atoms with Crippen LogP contribution in [0.1, 0.15) is 16.8 Å². The molecule has 96 valence electrons. The topological polar surface area (TPSA) is 32.3 Å². The normalized spacial score (nSPS) is 26.4. The monoisotopic (exact) mass is 252 g/mol. The number of carbonyl (C=O) groups is 1. The maximum atomic E-state index is 13.5. The lowest BCUT2D eigenvalue weighted by Crippen LogP contribution is -2.34. The first kappa shape index (κ1) is 11.6. The minimum absolute atomic E-state index is 0.171. The van der Waals surface area contributed by atoms with Crippen molar-refractivity contribution in [2.24, 2.45) is 5.92 Å². The highest BCUT2D eigenvalue weighted by Gasteiger charge is 2.38. The zero-order valence-corrected chi connectivity index (χ0v) is 9.83. The molecule has 0 aliphatic carbocycles. The summed E-state index contributed by atoms with van der Waals surface area (Å²) < 4.78 is 26.6. The lowest BCUT2D eigenvalue weighted by molar-refractivity contribution is 0.0777. The summed E-state index contributed by atoms with van der Waals surface area (Å²) in [5, 5.41) is 3.32. The number of carbonyl (C=O) groups excluding carboxylic acids is 1. The smallest absolute Gasteiger partial charge is 0.256 e. The molecule has 0 unspecified atom stereocenters. The Bertz CT molecular complexity index is 480. The number of halogens is 2. The maximum Gasteiger partial charge on any atom is 0.256 e. The molecule has 1 N–H and O–H groups in total. The van der Waals surface area contributed by atoms with Gasteiger partial charge < -0.3 is 10.2 Å². The van der Waals surface area contributed by atoms with Crippen LogP contribution in [0.3, 0.4) is 0 Å². The molecule has 2 atom stereocenters. The molecular formula is C13H14F2N2O. The van der Waals surface area contributed by atoms with E-state index in [1.54, 1.807) is 4.90 Å². The summed E-state index contributed by atoms with van der Waals surface area (Å²) >= 11 is 0. The Hall–Kier alpha value is -1.49. The zero-order chi connectivity index (χ0) is 12.7. The molecule has 3 nitrogen and oxygen atoms in total. The van der Waals surface area contributed by atoms with Crippen molar-refractivity contribution in [3.8, 4) is 0 Å². The van der Waals surface area contributed by atoms with Gasteiger partial charge >= 0.3 is 0 Å². The van der Waals surface area contributed by atoms with E-state index in [2.05, 4.69) is 5.32 Å². The maximum absolute atomic E-state index is 13.5. The number of hydrogen-bond donors (Lipinski definition) is 1. The Morgan fingerprint density at radius 2 is 2.17 bits per heavy atom. The van der Waals surface area contributed by atoms with E-state index in [-0.39, 0.29) is 5.56 Å². The van der Waals surface area contributed by atoms with Gasteiger partial charge in [-0.2, -0.15) is 0 Å². The molecule has 2 aliphatic heterocycles. The van der Waals surface area contributed by atoms with Crippen LogP contribution in [0.4, 0.5) is 8.78 Å². The summed E-state index contributed by atoms with van der Waals surface area (Å²) in [6, 6.07) is 3.30. The van der Waals surface area contributed by atoms with E-state index in [0.29, 0.717) is 25.0 Å². The van der Waals surface area contributed by atoms with Gasteiger partial charge in [0.05, 0.1) is 5.56 Å². The van der Waals surface area contributed by atoms with E-state index in [0.717, 1.165) is 31.2 Å². The SMILES string of the molecule is O=C(c1cc(F)ccc1F)N1C[C@@H]2CCN[C@@H]2C1. The number of amides is 1. The first-order valence-corrected chi connectivity index (χ1v) is 6.13. The Morgan fingerprint density at radius 1 is 1.33 bits per heavy atom. The van der Waals surface area contributed by atoms with Crippen LogP contribution in [0.5, 0.6) is 0 Å². The summed E-state index contributed by atoms with van der Waals surface area (Å²) in [7, 11) is 0. The van der Waals surface area contributed by atoms with Gasteiger partial charge in [-0.1, -0.05) is 0 Å². The van der Waals surface area contributed by atoms with Crippen molar-refractivity contribution in [2.45, 2.75) is 12.5 Å². The molecule has 0 aromatic heterocycles. The van der Waals surface area contributed by atoms with E-state index in [1.165, 1.54) is 0 Å². The van der Waals surface area contributed by atoms with Crippen LogP contribution in [0.15, 0.2) is 18.2 Å². The van der Waals surface area contributed by atoms with Gasteiger partial charge in [-0.15, -0.1) is 0 Å². The molecule has 0 spiro atoms. The quantitative estimate of drug-likeness (QED) is 0.819. The van der Waals surface area contributed by atoms with Crippen molar-refractivity contribution >= 4 is 5.91 Å². The summed E-state index contributed by atoms with van der Waals surface area (Å²) in [6.45, 7) is 2.19. The summed E-state index contributed by atoms with van der Waals surface area (Å²) in [6.07, 6.45) is 1.04. The Labute approximate surface area is 104 Å². The number of nitrogens with zero attached hydrogens (tertiary/aromatic N) is 1. The van der Waals surface area contributed by atoms with Gasteiger partial charge in [0.15, 0.2) is 0 Å². The van der Waals surface area contributed by atoms with Crippen LogP contribution in [0, 0.1) is 17.6 Å². The first-order chi connectivity index (χ1) is 8.65. The van der Waals surface area contributed by atoms with Gasteiger partial charge in [-0.05, 0) is 37.1 Å². The average molecular weight is 252 g/mol. The van der Waals surface area contributed by atoms with Gasteiger partial charge in [-0.25, -0.2) is 8.78 Å². The fraction of sp³-hybridized carbons (Fsp3) is 0.462. The van der Waals surface area contributed by atoms with Crippen molar-refractivity contribution in [1.82, 2.24) is 10.2 Å². The molecule has 3 rings (SSSR count). The minimum Gasteiger partial charge on any atom is -0.337 e. The molecule has 0 saturated carbocycles. The Balaban J connectivity index is 1.81. The molecule has 1 aromatic carbocycles. The van der Waals surface area contributed by atoms with Crippen LogP contribution in [-0.4, -0.2) is 36.5 Å². The molecule has 2 aliphatic rings. The molecule has 2 heterocycles. The third kappa shape index (κ3) is 1.88. The van der Waals surface area contributed by atoms with Gasteiger partial charge in [0.25, 0.3) is 5.91 Å². The number of fused-ring (bicyclic) bond motifs is 1. The van der Waals surface area contributed by atoms with Crippen molar-refractivity contribution in [3.63, 3.8) is 0 Å². The fourth-order valence-corrected chi connectivity index (χ4v) is 2.85. The first-order valence-electron chi connectivity index (χ1n) is 6.13. The van der Waals surface area contributed by atoms with E-state index < -0.39 is 17.5 Å². The van der Waals surface area contributed by atoms with Crippen molar-refractivity contribution in [3.05, 3.63) is 35.4 Å². The standard InChI is InChI=1S/C13H14F2N2O/c14-9-1-2-11(15)10(5-9)13(18)17-6-8-3-4-16-12(8)7-17/h1-2,5,8,12,16H,3-4,6-7H2/t8-,12+/m0/s1. The van der Waals surface area contributed by atoms with Crippen molar-refractivity contribution in [1.29, 1.82) is 0 Å². The van der Waals surface area contributed by atoms with E-state index in [4.69, 9.17) is 0 Å². The second-order valence-corrected chi connectivity index (χ2v) is 4.94. The summed E-state index contributed by atoms with van der Waals surface area (Å²) in [4.78, 5) is 13.8. The molecule has 18 heavy (non-hydrogen) atoms. The van der Waals surface area contributed by atoms with Gasteiger partial charge in [-0.3, -0.25) is 4.79 Å². The van der Waals surface area contributed by atoms with Gasteiger partial charge in [0.2, 0.25) is 0 Å². The molecule has 2 saturated heterocycles. The highest BCUT2D eigenvalue weighted by Crippen LogP contribution is 2.26. The van der Waals surface area contributed by atoms with Gasteiger partial charge in [0, 0.05) is 19.1 Å². The molecular weight excluding hydrogens is 238 g/mol. The third-order valence-corrected chi connectivity index (χ3v) is 3.81. The summed E-state index contributed by atoms with van der Waals surface area (Å²) in [5.74, 6) is -1.21. The van der Waals surface area contributed by atoms with Crippen molar-refractivity contribution in [2.75, 3.05) is 19.6 Å². The molecule has 1 aromatic rings. The van der Waals surface area contributed by atoms with Crippen LogP contribution < -0.4 is 5.32 Å². The van der Waals surface area contributed by atoms with Crippen LogP contribution in [0.2, 0.25) is 0 Å². The highest BCUT2D eigenvalue weighted by atomic mass is 19.1. The molecule has 0 radical (unpaired) electrons. The van der Waals surface area contributed by atoms with E-state index >= 15 is 0 Å². The number of benzene rings is 1. The van der Waals surface area contributed by atoms with E-state index in [1.807, 2.05) is 0 Å². The fourth-order valence-electron chi connectivity index (χ4n) is 2.85. The lowest BCUT2D eigenvalue weighted by atomic mass is 10.1. The third-order valence-electron chi connectivity index (χ3n) is 3.81. The Kier molecular flexibility index (Phi) is 2.78. The average Bonchev–Trinajstić information content (AvgIpc) is 2.91. The molecule has 1 amide bonds. The minimum atomic E-state index is -0.661. The largest absolute Gasteiger partial charge is 0.337 e. The van der Waals surface area contributed by atoms with Crippen LogP contribution in [-0.2, 0) is 0 Å². The second-order valence-electron chi connectivity index (χ2n) is 4.94. The lowest BCUT2D eigenvalue weighted by Gasteiger charge is -2.17. The number of hydrogen-bond acceptors (Lipinski definition) is 2. The zero-order valence-electron chi connectivity index (χ0n) is 9.83. The van der Waals surface area contributed by atoms with E-state index in [9.17, 15) is 13.6 Å². The predicted octanol–water partition coefficient (Wildman–Crippen LogP) is 1.40. The number of rotatable bonds is 1. The molecule has 0 bridgehead atoms. The molecule has 5 heteroatoms. The molecule has 2 fully saturated rings. The summed E-state index contributed by atoms with van der Waals surface area (Å²) in [5.41, 5.74) is -0.171. The highest BCUT2D eigenvalue weighted by molar-refractivity contribution is 5.94. The second kappa shape index (κ2) is 4.31. The number of nitrogens with one attached hydrogen (secondary N) is 1. The van der Waals surface area contributed by atoms with Crippen molar-refractivity contribution < 1.29 is 13.6 Å².